The molecule has 1 aromatic rings. The van der Waals surface area contributed by atoms with Gasteiger partial charge in [0.15, 0.2) is 11.5 Å². The van der Waals surface area contributed by atoms with Gasteiger partial charge in [0.25, 0.3) is 0 Å². The average Bonchev–Trinajstić information content (AvgIpc) is 2.45. The Kier molecular flexibility index (Phi) is 5.74. The summed E-state index contributed by atoms with van der Waals surface area (Å²) in [5, 5.41) is 0. The summed E-state index contributed by atoms with van der Waals surface area (Å²) in [6, 6.07) is 3.48. The summed E-state index contributed by atoms with van der Waals surface area (Å²) < 4.78 is 22.2. The molecule has 0 saturated carbocycles. The zero-order chi connectivity index (χ0) is 16.1. The molecule has 1 aliphatic rings. The number of methoxy groups -OCH3 is 2. The van der Waals surface area contributed by atoms with E-state index in [1.807, 2.05) is 0 Å². The number of nitrogens with zero attached hydrogens (tertiary/aromatic N) is 1. The highest BCUT2D eigenvalue weighted by Crippen LogP contribution is 2.39. The van der Waals surface area contributed by atoms with Gasteiger partial charge in [-0.15, -0.1) is 0 Å². The van der Waals surface area contributed by atoms with Crippen molar-refractivity contribution in [2.24, 2.45) is 0 Å². The minimum atomic E-state index is 0.255. The molecule has 0 bridgehead atoms. The molecule has 2 rings (SSSR count). The SMILES string of the molecule is COc1cc(N)cc(OCCN2CC(C)OC(C)C2)c1OC. The van der Waals surface area contributed by atoms with Crippen LogP contribution in [0.3, 0.4) is 0 Å². The maximum Gasteiger partial charge on any atom is 0.203 e. The highest BCUT2D eigenvalue weighted by Gasteiger charge is 2.22. The van der Waals surface area contributed by atoms with Crippen LogP contribution in [0.25, 0.3) is 0 Å². The van der Waals surface area contributed by atoms with E-state index in [0.29, 0.717) is 29.5 Å². The molecule has 6 nitrogen and oxygen atoms in total. The normalized spacial score (nSPS) is 22.4. The maximum absolute atomic E-state index is 5.87. The van der Waals surface area contributed by atoms with Gasteiger partial charge in [0.2, 0.25) is 5.75 Å². The smallest absolute Gasteiger partial charge is 0.203 e. The fourth-order valence-corrected chi connectivity index (χ4v) is 2.81. The molecule has 2 unspecified atom stereocenters. The summed E-state index contributed by atoms with van der Waals surface area (Å²) in [5.41, 5.74) is 6.45. The molecule has 0 aliphatic carbocycles. The van der Waals surface area contributed by atoms with Crippen molar-refractivity contribution in [3.05, 3.63) is 12.1 Å². The minimum absolute atomic E-state index is 0.255. The van der Waals surface area contributed by atoms with Crippen molar-refractivity contribution in [3.8, 4) is 17.2 Å². The lowest BCUT2D eigenvalue weighted by molar-refractivity contribution is -0.0699. The second-order valence-electron chi connectivity index (χ2n) is 5.62. The van der Waals surface area contributed by atoms with Crippen molar-refractivity contribution in [2.75, 3.05) is 46.2 Å². The second kappa shape index (κ2) is 7.56. The Morgan fingerprint density at radius 1 is 1.14 bits per heavy atom. The Labute approximate surface area is 132 Å². The van der Waals surface area contributed by atoms with Gasteiger partial charge in [-0.05, 0) is 13.8 Å². The lowest BCUT2D eigenvalue weighted by Gasteiger charge is -2.35. The molecule has 1 aliphatic heterocycles. The highest BCUT2D eigenvalue weighted by atomic mass is 16.5. The summed E-state index contributed by atoms with van der Waals surface area (Å²) in [4.78, 5) is 2.34. The molecule has 0 amide bonds. The van der Waals surface area contributed by atoms with Crippen LogP contribution in [-0.4, -0.2) is 57.6 Å². The molecule has 0 spiro atoms. The lowest BCUT2D eigenvalue weighted by Crippen LogP contribution is -2.46. The van der Waals surface area contributed by atoms with Gasteiger partial charge in [-0.3, -0.25) is 4.90 Å². The Hall–Kier alpha value is -1.66. The van der Waals surface area contributed by atoms with E-state index in [-0.39, 0.29) is 12.2 Å². The summed E-state index contributed by atoms with van der Waals surface area (Å²) in [5.74, 6) is 1.75. The van der Waals surface area contributed by atoms with E-state index in [9.17, 15) is 0 Å². The largest absolute Gasteiger partial charge is 0.493 e. The summed E-state index contributed by atoms with van der Waals surface area (Å²) in [7, 11) is 3.17. The molecule has 1 aromatic carbocycles. The van der Waals surface area contributed by atoms with Gasteiger partial charge in [-0.1, -0.05) is 0 Å². The third-order valence-corrected chi connectivity index (χ3v) is 3.63. The number of anilines is 1. The molecule has 0 radical (unpaired) electrons. The topological polar surface area (TPSA) is 66.2 Å². The third-order valence-electron chi connectivity index (χ3n) is 3.63. The fourth-order valence-electron chi connectivity index (χ4n) is 2.81. The van der Waals surface area contributed by atoms with E-state index >= 15 is 0 Å². The van der Waals surface area contributed by atoms with Crippen LogP contribution in [0.5, 0.6) is 17.2 Å². The standard InChI is InChI=1S/C16H26N2O4/c1-11-9-18(10-12(2)22-11)5-6-21-15-8-13(17)7-14(19-3)16(15)20-4/h7-8,11-12H,5-6,9-10,17H2,1-4H3. The Balaban J connectivity index is 1.95. The van der Waals surface area contributed by atoms with Crippen LogP contribution in [0.1, 0.15) is 13.8 Å². The molecule has 1 heterocycles. The van der Waals surface area contributed by atoms with Gasteiger partial charge in [0.1, 0.15) is 6.61 Å². The number of hydrogen-bond acceptors (Lipinski definition) is 6. The first-order valence-electron chi connectivity index (χ1n) is 7.55. The number of nitrogens with two attached hydrogens (primary N) is 1. The number of benzene rings is 1. The van der Waals surface area contributed by atoms with Crippen LogP contribution >= 0.6 is 0 Å². The molecule has 1 fully saturated rings. The van der Waals surface area contributed by atoms with Crippen LogP contribution in [0, 0.1) is 0 Å². The summed E-state index contributed by atoms with van der Waals surface area (Å²) in [6.07, 6.45) is 0.511. The first kappa shape index (κ1) is 16.7. The molecular weight excluding hydrogens is 284 g/mol. The third kappa shape index (κ3) is 4.18. The van der Waals surface area contributed by atoms with E-state index in [2.05, 4.69) is 18.7 Å². The predicted molar refractivity (Wildman–Crippen MR) is 85.9 cm³/mol. The minimum Gasteiger partial charge on any atom is -0.493 e. The maximum atomic E-state index is 5.87. The second-order valence-corrected chi connectivity index (χ2v) is 5.62. The van der Waals surface area contributed by atoms with Gasteiger partial charge >= 0.3 is 0 Å². The summed E-state index contributed by atoms with van der Waals surface area (Å²) in [6.45, 7) is 7.42. The van der Waals surface area contributed by atoms with Crippen molar-refractivity contribution >= 4 is 5.69 Å². The van der Waals surface area contributed by atoms with Crippen LogP contribution < -0.4 is 19.9 Å². The van der Waals surface area contributed by atoms with E-state index in [1.54, 1.807) is 26.4 Å². The Morgan fingerprint density at radius 3 is 2.36 bits per heavy atom. The molecular formula is C16H26N2O4. The number of morpholine rings is 1. The van der Waals surface area contributed by atoms with Crippen LogP contribution in [0.2, 0.25) is 0 Å². The van der Waals surface area contributed by atoms with Crippen molar-refractivity contribution in [1.29, 1.82) is 0 Å². The molecule has 0 aromatic heterocycles. The van der Waals surface area contributed by atoms with Crippen molar-refractivity contribution < 1.29 is 18.9 Å². The molecule has 22 heavy (non-hydrogen) atoms. The zero-order valence-electron chi connectivity index (χ0n) is 13.8. The van der Waals surface area contributed by atoms with Crippen LogP contribution in [-0.2, 0) is 4.74 Å². The van der Waals surface area contributed by atoms with E-state index in [4.69, 9.17) is 24.7 Å². The van der Waals surface area contributed by atoms with Crippen LogP contribution in [0.4, 0.5) is 5.69 Å². The highest BCUT2D eigenvalue weighted by molar-refractivity contribution is 5.60. The molecule has 2 N–H and O–H groups in total. The molecule has 124 valence electrons. The Morgan fingerprint density at radius 2 is 1.77 bits per heavy atom. The first-order valence-corrected chi connectivity index (χ1v) is 7.55. The van der Waals surface area contributed by atoms with Crippen molar-refractivity contribution in [1.82, 2.24) is 4.90 Å². The van der Waals surface area contributed by atoms with Gasteiger partial charge in [-0.25, -0.2) is 0 Å². The molecule has 6 heteroatoms. The van der Waals surface area contributed by atoms with Crippen molar-refractivity contribution in [3.63, 3.8) is 0 Å². The van der Waals surface area contributed by atoms with E-state index in [1.165, 1.54) is 0 Å². The molecule has 2 atom stereocenters. The average molecular weight is 310 g/mol. The number of nitrogen functional groups attached to an aromatic ring is 1. The zero-order valence-corrected chi connectivity index (χ0v) is 13.8. The monoisotopic (exact) mass is 310 g/mol. The summed E-state index contributed by atoms with van der Waals surface area (Å²) >= 11 is 0. The predicted octanol–water partition coefficient (Wildman–Crippen LogP) is 1.77. The van der Waals surface area contributed by atoms with Crippen LogP contribution in [0.15, 0.2) is 12.1 Å². The number of ether oxygens (including phenoxy) is 4. The Bertz CT molecular complexity index is 485. The van der Waals surface area contributed by atoms with Crippen molar-refractivity contribution in [2.45, 2.75) is 26.1 Å². The van der Waals surface area contributed by atoms with E-state index < -0.39 is 0 Å². The van der Waals surface area contributed by atoms with Gasteiger partial charge in [0.05, 0.1) is 26.4 Å². The van der Waals surface area contributed by atoms with Gasteiger partial charge in [0, 0.05) is 37.5 Å². The van der Waals surface area contributed by atoms with Gasteiger partial charge in [-0.2, -0.15) is 0 Å². The molecule has 1 saturated heterocycles. The first-order chi connectivity index (χ1) is 10.5. The number of hydrogen-bond donors (Lipinski definition) is 1. The lowest BCUT2D eigenvalue weighted by atomic mass is 10.2. The van der Waals surface area contributed by atoms with Gasteiger partial charge < -0.3 is 24.7 Å². The van der Waals surface area contributed by atoms with E-state index in [0.717, 1.165) is 19.6 Å². The fraction of sp³-hybridized carbons (Fsp3) is 0.625. The quantitative estimate of drug-likeness (QED) is 0.808. The number of rotatable bonds is 6.